The van der Waals surface area contributed by atoms with Crippen molar-refractivity contribution in [3.8, 4) is 0 Å². The van der Waals surface area contributed by atoms with Crippen LogP contribution in [0.2, 0.25) is 0 Å². The van der Waals surface area contributed by atoms with Crippen LogP contribution in [-0.4, -0.2) is 52.6 Å². The number of ether oxygens (including phenoxy) is 1. The van der Waals surface area contributed by atoms with Crippen molar-refractivity contribution in [1.82, 2.24) is 20.3 Å². The summed E-state index contributed by atoms with van der Waals surface area (Å²) < 4.78 is 10.6. The van der Waals surface area contributed by atoms with E-state index in [2.05, 4.69) is 25.6 Å². The molecular formula is C13H17N5O2. The fourth-order valence-electron chi connectivity index (χ4n) is 2.21. The maximum Gasteiger partial charge on any atom is 0.148 e. The van der Waals surface area contributed by atoms with Crippen LogP contribution in [0.3, 0.4) is 0 Å². The molecule has 1 saturated heterocycles. The number of rotatable bonds is 5. The van der Waals surface area contributed by atoms with Gasteiger partial charge in [0.15, 0.2) is 0 Å². The molecule has 0 radical (unpaired) electrons. The molecule has 0 amide bonds. The fourth-order valence-corrected chi connectivity index (χ4v) is 2.21. The molecule has 7 nitrogen and oxygen atoms in total. The van der Waals surface area contributed by atoms with Gasteiger partial charge in [-0.2, -0.15) is 5.10 Å². The molecular weight excluding hydrogens is 258 g/mol. The first kappa shape index (κ1) is 13.0. The summed E-state index contributed by atoms with van der Waals surface area (Å²) in [4.78, 5) is 2.31. The van der Waals surface area contributed by atoms with Gasteiger partial charge in [-0.25, -0.2) is 0 Å². The van der Waals surface area contributed by atoms with Crippen LogP contribution in [0.1, 0.15) is 5.69 Å². The summed E-state index contributed by atoms with van der Waals surface area (Å²) in [7, 11) is 0. The molecule has 1 aliphatic rings. The normalized spacial score (nSPS) is 19.9. The molecule has 3 rings (SSSR count). The van der Waals surface area contributed by atoms with Crippen molar-refractivity contribution in [2.24, 2.45) is 0 Å². The van der Waals surface area contributed by atoms with E-state index < -0.39 is 0 Å². The summed E-state index contributed by atoms with van der Waals surface area (Å²) in [5, 5.41) is 15.0. The Morgan fingerprint density at radius 3 is 3.20 bits per heavy atom. The van der Waals surface area contributed by atoms with Crippen LogP contribution in [0, 0.1) is 0 Å². The molecule has 1 N–H and O–H groups in total. The summed E-state index contributed by atoms with van der Waals surface area (Å²) in [6, 6.07) is 5.64. The zero-order valence-electron chi connectivity index (χ0n) is 11.1. The van der Waals surface area contributed by atoms with Crippen LogP contribution in [0.25, 0.3) is 0 Å². The summed E-state index contributed by atoms with van der Waals surface area (Å²) >= 11 is 0. The largest absolute Gasteiger partial charge is 0.374 e. The molecule has 0 aliphatic carbocycles. The van der Waals surface area contributed by atoms with E-state index in [9.17, 15) is 0 Å². The Labute approximate surface area is 116 Å². The molecule has 0 saturated carbocycles. The minimum Gasteiger partial charge on any atom is -0.374 e. The Morgan fingerprint density at radius 2 is 2.40 bits per heavy atom. The van der Waals surface area contributed by atoms with Gasteiger partial charge in [0.05, 0.1) is 18.4 Å². The SMILES string of the molecule is c1cnnc(NC[C@H]2CN(Cc3ccon3)CCO2)c1. The molecule has 1 atom stereocenters. The van der Waals surface area contributed by atoms with Crippen molar-refractivity contribution in [3.05, 3.63) is 36.4 Å². The Kier molecular flexibility index (Phi) is 4.19. The molecule has 1 aliphatic heterocycles. The van der Waals surface area contributed by atoms with Gasteiger partial charge in [0, 0.05) is 38.4 Å². The molecule has 2 aromatic heterocycles. The van der Waals surface area contributed by atoms with E-state index in [1.54, 1.807) is 12.5 Å². The summed E-state index contributed by atoms with van der Waals surface area (Å²) in [5.41, 5.74) is 0.951. The average molecular weight is 275 g/mol. The monoisotopic (exact) mass is 275 g/mol. The highest BCUT2D eigenvalue weighted by atomic mass is 16.5. The highest BCUT2D eigenvalue weighted by Crippen LogP contribution is 2.10. The van der Waals surface area contributed by atoms with Gasteiger partial charge in [0.25, 0.3) is 0 Å². The molecule has 3 heterocycles. The molecule has 0 unspecified atom stereocenters. The molecule has 1 fully saturated rings. The van der Waals surface area contributed by atoms with Crippen LogP contribution in [0.4, 0.5) is 5.82 Å². The Hall–Kier alpha value is -1.99. The van der Waals surface area contributed by atoms with Crippen LogP contribution in [0.5, 0.6) is 0 Å². The molecule has 2 aromatic rings. The summed E-state index contributed by atoms with van der Waals surface area (Å²) in [6.07, 6.45) is 3.39. The maximum absolute atomic E-state index is 5.75. The third-order valence-electron chi connectivity index (χ3n) is 3.18. The van der Waals surface area contributed by atoms with E-state index in [1.165, 1.54) is 0 Å². The first-order valence-corrected chi connectivity index (χ1v) is 6.65. The van der Waals surface area contributed by atoms with Gasteiger partial charge in [-0.3, -0.25) is 4.90 Å². The number of nitrogens with zero attached hydrogens (tertiary/aromatic N) is 4. The predicted molar refractivity (Wildman–Crippen MR) is 72.0 cm³/mol. The summed E-state index contributed by atoms with van der Waals surface area (Å²) in [5.74, 6) is 0.768. The Bertz CT molecular complexity index is 505. The van der Waals surface area contributed by atoms with Gasteiger partial charge >= 0.3 is 0 Å². The zero-order chi connectivity index (χ0) is 13.6. The number of aromatic nitrogens is 3. The van der Waals surface area contributed by atoms with Gasteiger partial charge in [-0.1, -0.05) is 5.16 Å². The first-order chi connectivity index (χ1) is 9.90. The quantitative estimate of drug-likeness (QED) is 0.864. The average Bonchev–Trinajstić information content (AvgIpc) is 3.00. The fraction of sp³-hybridized carbons (Fsp3) is 0.462. The molecule has 7 heteroatoms. The number of anilines is 1. The lowest BCUT2D eigenvalue weighted by molar-refractivity contribution is -0.0246. The van der Waals surface area contributed by atoms with E-state index >= 15 is 0 Å². The Morgan fingerprint density at radius 1 is 1.40 bits per heavy atom. The van der Waals surface area contributed by atoms with Gasteiger partial charge in [0.2, 0.25) is 0 Å². The van der Waals surface area contributed by atoms with Crippen molar-refractivity contribution in [1.29, 1.82) is 0 Å². The molecule has 0 aromatic carbocycles. The second-order valence-electron chi connectivity index (χ2n) is 4.71. The van der Waals surface area contributed by atoms with Gasteiger partial charge < -0.3 is 14.6 Å². The number of hydrogen-bond acceptors (Lipinski definition) is 7. The second-order valence-corrected chi connectivity index (χ2v) is 4.71. The molecule has 20 heavy (non-hydrogen) atoms. The third kappa shape index (κ3) is 3.52. The topological polar surface area (TPSA) is 76.3 Å². The van der Waals surface area contributed by atoms with Crippen LogP contribution in [-0.2, 0) is 11.3 Å². The lowest BCUT2D eigenvalue weighted by Gasteiger charge is -2.32. The van der Waals surface area contributed by atoms with Crippen molar-refractivity contribution in [2.75, 3.05) is 31.6 Å². The van der Waals surface area contributed by atoms with Crippen molar-refractivity contribution in [3.63, 3.8) is 0 Å². The second kappa shape index (κ2) is 6.44. The number of morpholine rings is 1. The zero-order valence-corrected chi connectivity index (χ0v) is 11.1. The van der Waals surface area contributed by atoms with Crippen LogP contribution >= 0.6 is 0 Å². The van der Waals surface area contributed by atoms with E-state index in [-0.39, 0.29) is 6.10 Å². The van der Waals surface area contributed by atoms with E-state index in [4.69, 9.17) is 9.26 Å². The van der Waals surface area contributed by atoms with E-state index in [1.807, 2.05) is 18.2 Å². The highest BCUT2D eigenvalue weighted by Gasteiger charge is 2.21. The number of hydrogen-bond donors (Lipinski definition) is 1. The number of nitrogens with one attached hydrogen (secondary N) is 1. The lowest BCUT2D eigenvalue weighted by atomic mass is 10.2. The molecule has 0 spiro atoms. The third-order valence-corrected chi connectivity index (χ3v) is 3.18. The minimum absolute atomic E-state index is 0.137. The summed E-state index contributed by atoms with van der Waals surface area (Å²) in [6.45, 7) is 4.01. The van der Waals surface area contributed by atoms with Gasteiger partial charge in [-0.05, 0) is 12.1 Å². The van der Waals surface area contributed by atoms with E-state index in [0.29, 0.717) is 6.54 Å². The highest BCUT2D eigenvalue weighted by molar-refractivity contribution is 5.31. The Balaban J connectivity index is 1.48. The van der Waals surface area contributed by atoms with Gasteiger partial charge in [0.1, 0.15) is 12.1 Å². The van der Waals surface area contributed by atoms with Crippen molar-refractivity contribution >= 4 is 5.82 Å². The standard InChI is InChI=1S/C13H17N5O2/c1-2-13(16-15-4-1)14-8-12-10-18(5-7-19-12)9-11-3-6-20-17-11/h1-4,6,12H,5,7-10H2,(H,14,16)/t12-/m0/s1. The van der Waals surface area contributed by atoms with Gasteiger partial charge in [-0.15, -0.1) is 5.10 Å². The molecule has 0 bridgehead atoms. The van der Waals surface area contributed by atoms with Crippen LogP contribution < -0.4 is 5.32 Å². The lowest BCUT2D eigenvalue weighted by Crippen LogP contribution is -2.44. The van der Waals surface area contributed by atoms with Crippen LogP contribution in [0.15, 0.2) is 35.2 Å². The predicted octanol–water partition coefficient (Wildman–Crippen LogP) is 0.777. The first-order valence-electron chi connectivity index (χ1n) is 6.65. The minimum atomic E-state index is 0.137. The van der Waals surface area contributed by atoms with E-state index in [0.717, 1.165) is 37.8 Å². The van der Waals surface area contributed by atoms with Crippen molar-refractivity contribution < 1.29 is 9.26 Å². The molecule has 106 valence electrons. The van der Waals surface area contributed by atoms with Crippen molar-refractivity contribution in [2.45, 2.75) is 12.6 Å². The maximum atomic E-state index is 5.75. The smallest absolute Gasteiger partial charge is 0.148 e.